The predicted octanol–water partition coefficient (Wildman–Crippen LogP) is 0.485. The summed E-state index contributed by atoms with van der Waals surface area (Å²) in [6, 6.07) is 1.56. The van der Waals surface area contributed by atoms with Gasteiger partial charge in [-0.15, -0.1) is 0 Å². The lowest BCUT2D eigenvalue weighted by Crippen LogP contribution is -2.16. The fraction of sp³-hybridized carbons (Fsp3) is 0.444. The van der Waals surface area contributed by atoms with Gasteiger partial charge in [0.15, 0.2) is 5.69 Å². The van der Waals surface area contributed by atoms with E-state index >= 15 is 0 Å². The van der Waals surface area contributed by atoms with Crippen molar-refractivity contribution in [1.82, 2.24) is 25.0 Å². The van der Waals surface area contributed by atoms with Crippen molar-refractivity contribution in [2.45, 2.75) is 25.2 Å². The molecule has 2 heterocycles. The van der Waals surface area contributed by atoms with Crippen LogP contribution in [0.5, 0.6) is 0 Å². The number of rotatable bonds is 2. The molecule has 1 saturated carbocycles. The molecule has 0 aliphatic heterocycles. The summed E-state index contributed by atoms with van der Waals surface area (Å²) in [7, 11) is 0. The van der Waals surface area contributed by atoms with Gasteiger partial charge in [0.25, 0.3) is 5.78 Å². The lowest BCUT2D eigenvalue weighted by atomic mass is 9.82. The number of tetrazole rings is 1. The number of carboxylic acids is 1. The molecule has 7 heteroatoms. The van der Waals surface area contributed by atoms with Crippen LogP contribution in [0.4, 0.5) is 0 Å². The molecule has 1 N–H and O–H groups in total. The van der Waals surface area contributed by atoms with Crippen molar-refractivity contribution >= 4 is 11.7 Å². The number of hydrogen-bond donors (Lipinski definition) is 1. The fourth-order valence-electron chi connectivity index (χ4n) is 1.86. The average molecular weight is 219 g/mol. The van der Waals surface area contributed by atoms with E-state index in [2.05, 4.69) is 20.5 Å². The molecule has 0 aromatic carbocycles. The quantitative estimate of drug-likeness (QED) is 0.789. The van der Waals surface area contributed by atoms with Crippen LogP contribution in [0.2, 0.25) is 0 Å². The zero-order chi connectivity index (χ0) is 11.1. The van der Waals surface area contributed by atoms with Gasteiger partial charge in [-0.3, -0.25) is 0 Å². The van der Waals surface area contributed by atoms with Gasteiger partial charge in [0.1, 0.15) is 0 Å². The topological polar surface area (TPSA) is 93.3 Å². The van der Waals surface area contributed by atoms with Crippen LogP contribution in [0.25, 0.3) is 5.78 Å². The Morgan fingerprint density at radius 1 is 1.50 bits per heavy atom. The van der Waals surface area contributed by atoms with Gasteiger partial charge in [0.05, 0.1) is 5.69 Å². The lowest BCUT2D eigenvalue weighted by molar-refractivity contribution is 0.0690. The summed E-state index contributed by atoms with van der Waals surface area (Å²) in [6.07, 6.45) is 3.27. The molecule has 0 unspecified atom stereocenters. The standard InChI is InChI=1S/C9H9N5O2/c15-8(16)6-4-7(5-2-1-3-5)14-9(10-6)11-12-13-14/h4-5H,1-3H2,(H,15,16). The molecule has 0 radical (unpaired) electrons. The molecule has 0 amide bonds. The van der Waals surface area contributed by atoms with E-state index in [1.54, 1.807) is 6.07 Å². The molecule has 1 aliphatic rings. The minimum Gasteiger partial charge on any atom is -0.477 e. The number of carbonyl (C=O) groups is 1. The van der Waals surface area contributed by atoms with Gasteiger partial charge in [-0.05, 0) is 29.3 Å². The van der Waals surface area contributed by atoms with Gasteiger partial charge in [-0.2, -0.15) is 4.52 Å². The molecule has 3 rings (SSSR count). The summed E-state index contributed by atoms with van der Waals surface area (Å²) >= 11 is 0. The van der Waals surface area contributed by atoms with E-state index in [0.29, 0.717) is 5.92 Å². The number of carboxylic acid groups (broad SMARTS) is 1. The first-order chi connectivity index (χ1) is 7.75. The maximum absolute atomic E-state index is 10.9. The molecule has 0 saturated heterocycles. The van der Waals surface area contributed by atoms with Crippen molar-refractivity contribution in [3.05, 3.63) is 17.5 Å². The zero-order valence-corrected chi connectivity index (χ0v) is 8.37. The maximum Gasteiger partial charge on any atom is 0.354 e. The summed E-state index contributed by atoms with van der Waals surface area (Å²) in [5, 5.41) is 20.0. The van der Waals surface area contributed by atoms with E-state index in [1.165, 1.54) is 10.9 Å². The van der Waals surface area contributed by atoms with E-state index in [0.717, 1.165) is 18.5 Å². The van der Waals surface area contributed by atoms with Gasteiger partial charge < -0.3 is 5.11 Å². The first-order valence-corrected chi connectivity index (χ1v) is 5.08. The minimum absolute atomic E-state index is 0.00389. The summed E-state index contributed by atoms with van der Waals surface area (Å²) in [5.74, 6) is -0.444. The first-order valence-electron chi connectivity index (χ1n) is 5.08. The second-order valence-electron chi connectivity index (χ2n) is 3.89. The van der Waals surface area contributed by atoms with Crippen LogP contribution < -0.4 is 0 Å². The van der Waals surface area contributed by atoms with Crippen LogP contribution >= 0.6 is 0 Å². The van der Waals surface area contributed by atoms with Crippen LogP contribution in [0.1, 0.15) is 41.4 Å². The van der Waals surface area contributed by atoms with E-state index in [9.17, 15) is 4.79 Å². The Morgan fingerprint density at radius 2 is 2.31 bits per heavy atom. The number of nitrogens with zero attached hydrogens (tertiary/aromatic N) is 5. The third kappa shape index (κ3) is 1.24. The fourth-order valence-corrected chi connectivity index (χ4v) is 1.86. The molecule has 1 aliphatic carbocycles. The molecular weight excluding hydrogens is 210 g/mol. The number of aromatic carboxylic acids is 1. The Bertz CT molecular complexity index is 560. The summed E-state index contributed by atoms with van der Waals surface area (Å²) < 4.78 is 1.52. The van der Waals surface area contributed by atoms with E-state index < -0.39 is 5.97 Å². The highest BCUT2D eigenvalue weighted by molar-refractivity contribution is 5.85. The summed E-state index contributed by atoms with van der Waals surface area (Å²) in [6.45, 7) is 0. The third-order valence-electron chi connectivity index (χ3n) is 2.95. The second-order valence-corrected chi connectivity index (χ2v) is 3.89. The lowest BCUT2D eigenvalue weighted by Gasteiger charge is -2.25. The van der Waals surface area contributed by atoms with E-state index in [1.807, 2.05) is 0 Å². The third-order valence-corrected chi connectivity index (χ3v) is 2.95. The van der Waals surface area contributed by atoms with Gasteiger partial charge in [-0.1, -0.05) is 11.5 Å². The smallest absolute Gasteiger partial charge is 0.354 e. The molecular formula is C9H9N5O2. The Balaban J connectivity index is 2.21. The largest absolute Gasteiger partial charge is 0.477 e. The monoisotopic (exact) mass is 219 g/mol. The van der Waals surface area contributed by atoms with Crippen LogP contribution in [0.15, 0.2) is 6.07 Å². The van der Waals surface area contributed by atoms with Gasteiger partial charge in [-0.25, -0.2) is 9.78 Å². The van der Waals surface area contributed by atoms with Crippen molar-refractivity contribution in [2.24, 2.45) is 0 Å². The minimum atomic E-state index is -1.05. The molecule has 16 heavy (non-hydrogen) atoms. The predicted molar refractivity (Wildman–Crippen MR) is 52.1 cm³/mol. The highest BCUT2D eigenvalue weighted by atomic mass is 16.4. The zero-order valence-electron chi connectivity index (χ0n) is 8.37. The summed E-state index contributed by atoms with van der Waals surface area (Å²) in [4.78, 5) is 14.8. The first kappa shape index (κ1) is 9.20. The van der Waals surface area contributed by atoms with Gasteiger partial charge >= 0.3 is 5.97 Å². The molecule has 1 fully saturated rings. The van der Waals surface area contributed by atoms with Crippen molar-refractivity contribution in [1.29, 1.82) is 0 Å². The number of fused-ring (bicyclic) bond motifs is 1. The Labute approximate surface area is 90.1 Å². The SMILES string of the molecule is O=C(O)c1cc(C2CCC2)n2nnnc2n1. The normalized spacial score (nSPS) is 16.2. The Hall–Kier alpha value is -2.05. The van der Waals surface area contributed by atoms with Crippen molar-refractivity contribution < 1.29 is 9.90 Å². The Morgan fingerprint density at radius 3 is 2.94 bits per heavy atom. The van der Waals surface area contributed by atoms with Gasteiger partial charge in [0.2, 0.25) is 0 Å². The molecule has 2 aromatic heterocycles. The van der Waals surface area contributed by atoms with Crippen molar-refractivity contribution in [3.63, 3.8) is 0 Å². The van der Waals surface area contributed by atoms with Crippen LogP contribution in [0, 0.1) is 0 Å². The van der Waals surface area contributed by atoms with Crippen LogP contribution in [0.3, 0.4) is 0 Å². The maximum atomic E-state index is 10.9. The molecule has 82 valence electrons. The van der Waals surface area contributed by atoms with Crippen molar-refractivity contribution in [3.8, 4) is 0 Å². The second kappa shape index (κ2) is 3.22. The number of aromatic nitrogens is 5. The average Bonchev–Trinajstić information content (AvgIpc) is 2.62. The molecule has 2 aromatic rings. The molecule has 0 spiro atoms. The molecule has 0 atom stereocenters. The van der Waals surface area contributed by atoms with Crippen LogP contribution in [-0.4, -0.2) is 36.1 Å². The van der Waals surface area contributed by atoms with E-state index in [4.69, 9.17) is 5.11 Å². The van der Waals surface area contributed by atoms with Crippen molar-refractivity contribution in [2.75, 3.05) is 0 Å². The Kier molecular flexibility index (Phi) is 1.85. The molecule has 7 nitrogen and oxygen atoms in total. The van der Waals surface area contributed by atoms with Gasteiger partial charge in [0, 0.05) is 5.92 Å². The highest BCUT2D eigenvalue weighted by Crippen LogP contribution is 2.36. The van der Waals surface area contributed by atoms with E-state index in [-0.39, 0.29) is 11.5 Å². The summed E-state index contributed by atoms with van der Waals surface area (Å²) in [5.41, 5.74) is 0.850. The molecule has 0 bridgehead atoms. The number of hydrogen-bond acceptors (Lipinski definition) is 5. The van der Waals surface area contributed by atoms with Crippen LogP contribution in [-0.2, 0) is 0 Å². The highest BCUT2D eigenvalue weighted by Gasteiger charge is 2.25.